The second-order valence-electron chi connectivity index (χ2n) is 4.81. The van der Waals surface area contributed by atoms with Crippen LogP contribution in [0.15, 0.2) is 0 Å². The third kappa shape index (κ3) is 3.21. The van der Waals surface area contributed by atoms with E-state index in [2.05, 4.69) is 15.9 Å². The van der Waals surface area contributed by atoms with Crippen LogP contribution in [0.5, 0.6) is 0 Å². The molecule has 1 unspecified atom stereocenters. The first-order chi connectivity index (χ1) is 8.18. The van der Waals surface area contributed by atoms with Crippen LogP contribution in [0, 0.1) is 0 Å². The number of rotatable bonds is 2. The Labute approximate surface area is 110 Å². The molecule has 0 N–H and O–H groups in total. The monoisotopic (exact) mass is 302 g/mol. The fraction of sp³-hybridized carbons (Fsp3) is 0.833. The minimum absolute atomic E-state index is 0.0709. The molecule has 4 nitrogen and oxygen atoms in total. The van der Waals surface area contributed by atoms with Crippen LogP contribution in [0.25, 0.3) is 0 Å². The van der Waals surface area contributed by atoms with E-state index in [9.17, 15) is 9.59 Å². The van der Waals surface area contributed by atoms with E-state index in [0.717, 1.165) is 45.3 Å². The van der Waals surface area contributed by atoms with Crippen LogP contribution >= 0.6 is 15.9 Å². The highest BCUT2D eigenvalue weighted by atomic mass is 79.9. The van der Waals surface area contributed by atoms with Gasteiger partial charge in [0.25, 0.3) is 0 Å². The molecule has 0 aromatic rings. The first-order valence-corrected chi connectivity index (χ1v) is 7.30. The van der Waals surface area contributed by atoms with Gasteiger partial charge in [-0.25, -0.2) is 0 Å². The Hall–Kier alpha value is -0.580. The summed E-state index contributed by atoms with van der Waals surface area (Å²) in [6.45, 7) is 2.71. The van der Waals surface area contributed by atoms with Crippen LogP contribution in [-0.2, 0) is 9.59 Å². The van der Waals surface area contributed by atoms with Crippen molar-refractivity contribution in [3.05, 3.63) is 0 Å². The quantitative estimate of drug-likeness (QED) is 0.723. The van der Waals surface area contributed by atoms with Crippen LogP contribution in [0.4, 0.5) is 0 Å². The minimum atomic E-state index is -0.0922. The molecule has 2 amide bonds. The van der Waals surface area contributed by atoms with Gasteiger partial charge in [-0.1, -0.05) is 15.9 Å². The van der Waals surface area contributed by atoms with E-state index in [1.165, 1.54) is 6.42 Å². The molecule has 5 heteroatoms. The average Bonchev–Trinajstić information content (AvgIpc) is 2.36. The lowest BCUT2D eigenvalue weighted by atomic mass is 10.1. The molecule has 0 radical (unpaired) electrons. The molecule has 0 aromatic carbocycles. The minimum Gasteiger partial charge on any atom is -0.341 e. The van der Waals surface area contributed by atoms with E-state index < -0.39 is 0 Å². The number of hydrogen-bond acceptors (Lipinski definition) is 2. The first-order valence-electron chi connectivity index (χ1n) is 6.39. The van der Waals surface area contributed by atoms with Crippen molar-refractivity contribution in [1.29, 1.82) is 0 Å². The SMILES string of the molecule is O=C(CN1CCCC(Br)C1=O)N1CCCCC1. The van der Waals surface area contributed by atoms with Crippen molar-refractivity contribution in [1.82, 2.24) is 9.80 Å². The van der Waals surface area contributed by atoms with E-state index >= 15 is 0 Å². The van der Waals surface area contributed by atoms with Crippen LogP contribution in [0.2, 0.25) is 0 Å². The molecule has 2 heterocycles. The summed E-state index contributed by atoms with van der Waals surface area (Å²) in [6.07, 6.45) is 5.28. The molecule has 0 bridgehead atoms. The second-order valence-corrected chi connectivity index (χ2v) is 5.92. The molecule has 0 saturated carbocycles. The number of alkyl halides is 1. The number of piperidine rings is 2. The summed E-state index contributed by atoms with van der Waals surface area (Å²) >= 11 is 3.36. The van der Waals surface area contributed by atoms with Crippen LogP contribution < -0.4 is 0 Å². The number of nitrogens with zero attached hydrogens (tertiary/aromatic N) is 2. The molecule has 2 saturated heterocycles. The number of likely N-dealkylation sites (tertiary alicyclic amines) is 2. The number of hydrogen-bond donors (Lipinski definition) is 0. The van der Waals surface area contributed by atoms with Gasteiger partial charge in [-0.2, -0.15) is 0 Å². The molecular weight excluding hydrogens is 284 g/mol. The van der Waals surface area contributed by atoms with Gasteiger partial charge in [0.15, 0.2) is 0 Å². The lowest BCUT2D eigenvalue weighted by Crippen LogP contribution is -2.48. The van der Waals surface area contributed by atoms with Crippen molar-refractivity contribution in [3.63, 3.8) is 0 Å². The summed E-state index contributed by atoms with van der Waals surface area (Å²) in [5.74, 6) is 0.182. The van der Waals surface area contributed by atoms with Gasteiger partial charge in [0.1, 0.15) is 0 Å². The number of carbonyl (C=O) groups excluding carboxylic acids is 2. The summed E-state index contributed by atoms with van der Waals surface area (Å²) in [5.41, 5.74) is 0. The molecule has 2 aliphatic heterocycles. The Morgan fingerprint density at radius 3 is 2.59 bits per heavy atom. The molecule has 0 aromatic heterocycles. The van der Waals surface area contributed by atoms with Gasteiger partial charge in [-0.3, -0.25) is 9.59 Å². The molecule has 96 valence electrons. The number of halogens is 1. The van der Waals surface area contributed by atoms with E-state index in [0.29, 0.717) is 0 Å². The standard InChI is InChI=1S/C12H19BrN2O2/c13-10-5-4-8-15(12(10)17)9-11(16)14-6-2-1-3-7-14/h10H,1-9H2. The molecular formula is C12H19BrN2O2. The number of amides is 2. The van der Waals surface area contributed by atoms with Crippen LogP contribution in [0.3, 0.4) is 0 Å². The van der Waals surface area contributed by atoms with E-state index in [1.807, 2.05) is 4.90 Å². The summed E-state index contributed by atoms with van der Waals surface area (Å²) in [4.78, 5) is 27.4. The van der Waals surface area contributed by atoms with Gasteiger partial charge in [0.2, 0.25) is 11.8 Å². The van der Waals surface area contributed by atoms with Crippen molar-refractivity contribution in [2.45, 2.75) is 36.9 Å². The van der Waals surface area contributed by atoms with Gasteiger partial charge >= 0.3 is 0 Å². The Balaban J connectivity index is 1.86. The third-order valence-corrected chi connectivity index (χ3v) is 4.35. The third-order valence-electron chi connectivity index (χ3n) is 3.50. The molecule has 2 aliphatic rings. The topological polar surface area (TPSA) is 40.6 Å². The average molecular weight is 303 g/mol. The van der Waals surface area contributed by atoms with Crippen LogP contribution in [-0.4, -0.2) is 52.6 Å². The highest BCUT2D eigenvalue weighted by Gasteiger charge is 2.29. The maximum Gasteiger partial charge on any atom is 0.242 e. The number of carbonyl (C=O) groups is 2. The Bertz CT molecular complexity index is 303. The predicted molar refractivity (Wildman–Crippen MR) is 69.0 cm³/mol. The van der Waals surface area contributed by atoms with Crippen molar-refractivity contribution in [2.24, 2.45) is 0 Å². The Kier molecular flexibility index (Phi) is 4.42. The summed E-state index contributed by atoms with van der Waals surface area (Å²) < 4.78 is 0. The van der Waals surface area contributed by atoms with Gasteiger partial charge < -0.3 is 9.80 Å². The summed E-state index contributed by atoms with van der Waals surface area (Å²) in [6, 6.07) is 0. The second kappa shape index (κ2) is 5.85. The molecule has 0 aliphatic carbocycles. The normalized spacial score (nSPS) is 26.2. The van der Waals surface area contributed by atoms with Gasteiger partial charge in [-0.15, -0.1) is 0 Å². The van der Waals surface area contributed by atoms with Crippen LogP contribution in [0.1, 0.15) is 32.1 Å². The Morgan fingerprint density at radius 2 is 1.88 bits per heavy atom. The maximum absolute atomic E-state index is 12.0. The highest BCUT2D eigenvalue weighted by molar-refractivity contribution is 9.10. The lowest BCUT2D eigenvalue weighted by Gasteiger charge is -2.33. The zero-order valence-corrected chi connectivity index (χ0v) is 11.6. The largest absolute Gasteiger partial charge is 0.341 e. The van der Waals surface area contributed by atoms with Gasteiger partial charge in [0.05, 0.1) is 11.4 Å². The van der Waals surface area contributed by atoms with Gasteiger partial charge in [0, 0.05) is 19.6 Å². The Morgan fingerprint density at radius 1 is 1.18 bits per heavy atom. The van der Waals surface area contributed by atoms with Crippen molar-refractivity contribution < 1.29 is 9.59 Å². The molecule has 0 spiro atoms. The van der Waals surface area contributed by atoms with E-state index in [4.69, 9.17) is 0 Å². The molecule has 2 rings (SSSR count). The van der Waals surface area contributed by atoms with E-state index in [1.54, 1.807) is 4.90 Å². The van der Waals surface area contributed by atoms with Crippen molar-refractivity contribution in [3.8, 4) is 0 Å². The fourth-order valence-electron chi connectivity index (χ4n) is 2.46. The van der Waals surface area contributed by atoms with Crippen molar-refractivity contribution >= 4 is 27.7 Å². The van der Waals surface area contributed by atoms with Gasteiger partial charge in [-0.05, 0) is 32.1 Å². The van der Waals surface area contributed by atoms with E-state index in [-0.39, 0.29) is 23.2 Å². The molecule has 2 fully saturated rings. The zero-order chi connectivity index (χ0) is 12.3. The summed E-state index contributed by atoms with van der Waals surface area (Å²) in [5, 5.41) is 0. The smallest absolute Gasteiger partial charge is 0.242 e. The zero-order valence-electron chi connectivity index (χ0n) is 10.0. The summed E-state index contributed by atoms with van der Waals surface area (Å²) in [7, 11) is 0. The highest BCUT2D eigenvalue weighted by Crippen LogP contribution is 2.18. The predicted octanol–water partition coefficient (Wildman–Crippen LogP) is 1.38. The molecule has 17 heavy (non-hydrogen) atoms. The lowest BCUT2D eigenvalue weighted by molar-refractivity contribution is -0.141. The molecule has 1 atom stereocenters. The maximum atomic E-state index is 12.0. The fourth-order valence-corrected chi connectivity index (χ4v) is 3.07. The first kappa shape index (κ1) is 12.9. The van der Waals surface area contributed by atoms with Crippen molar-refractivity contribution in [2.75, 3.05) is 26.2 Å².